The quantitative estimate of drug-likeness (QED) is 0.452. The molecule has 0 saturated carbocycles. The van der Waals surface area contributed by atoms with Gasteiger partial charge in [-0.25, -0.2) is 4.98 Å². The van der Waals surface area contributed by atoms with Gasteiger partial charge in [-0.2, -0.15) is 13.2 Å². The molecule has 0 bridgehead atoms. The Balaban J connectivity index is 2.04. The third kappa shape index (κ3) is 3.71. The highest BCUT2D eigenvalue weighted by atomic mass is 32.1. The fourth-order valence-corrected chi connectivity index (χ4v) is 3.76. The van der Waals surface area contributed by atoms with Crippen LogP contribution < -0.4 is 11.1 Å². The van der Waals surface area contributed by atoms with Gasteiger partial charge in [0, 0.05) is 11.5 Å². The highest BCUT2D eigenvalue weighted by Gasteiger charge is 2.34. The number of alkyl halides is 3. The Bertz CT molecular complexity index is 1220. The lowest BCUT2D eigenvalue weighted by Crippen LogP contribution is -2.13. The fraction of sp³-hybridized carbons (Fsp3) is 0.125. The van der Waals surface area contributed by atoms with Crippen molar-refractivity contribution in [3.8, 4) is 0 Å². The molecule has 10 nitrogen and oxygen atoms in total. The summed E-state index contributed by atoms with van der Waals surface area (Å²) >= 11 is 0.592. The van der Waals surface area contributed by atoms with Crippen molar-refractivity contribution in [1.82, 2.24) is 4.98 Å². The van der Waals surface area contributed by atoms with Crippen molar-refractivity contribution < 1.29 is 27.8 Å². The summed E-state index contributed by atoms with van der Waals surface area (Å²) in [4.78, 5) is 36.0. The molecule has 0 saturated heterocycles. The molecule has 0 spiro atoms. The molecular weight excluding hydrogens is 431 g/mol. The molecule has 2 aromatic heterocycles. The number of benzene rings is 1. The van der Waals surface area contributed by atoms with Gasteiger partial charge in [0.15, 0.2) is 0 Å². The van der Waals surface area contributed by atoms with Crippen molar-refractivity contribution in [2.24, 2.45) is 0 Å². The molecule has 0 aliphatic heterocycles. The third-order valence-electron chi connectivity index (χ3n) is 4.03. The highest BCUT2D eigenvalue weighted by Crippen LogP contribution is 2.39. The zero-order chi connectivity index (χ0) is 22.4. The van der Waals surface area contributed by atoms with E-state index in [9.17, 15) is 38.2 Å². The standard InChI is InChI=1S/C16H10F3N5O5S/c1-6-4-10(16(17,18)19)22-15-11(6)12(20)13(30-15)14(25)21-8-3-2-7(23(26)27)5-9(8)24(28)29/h2-5H,20H2,1H3,(H,21,25). The van der Waals surface area contributed by atoms with E-state index in [0.717, 1.165) is 18.2 Å². The number of thiophene rings is 1. The number of nitrogens with two attached hydrogens (primary N) is 1. The van der Waals surface area contributed by atoms with Crippen LogP contribution in [0.5, 0.6) is 0 Å². The van der Waals surface area contributed by atoms with Crippen molar-refractivity contribution in [3.05, 3.63) is 60.6 Å². The summed E-state index contributed by atoms with van der Waals surface area (Å²) < 4.78 is 38.9. The summed E-state index contributed by atoms with van der Waals surface area (Å²) in [6.45, 7) is 1.38. The van der Waals surface area contributed by atoms with Gasteiger partial charge in [-0.1, -0.05) is 0 Å². The number of nitrogens with zero attached hydrogens (tertiary/aromatic N) is 3. The van der Waals surface area contributed by atoms with Crippen LogP contribution >= 0.6 is 11.3 Å². The SMILES string of the molecule is Cc1cc(C(F)(F)F)nc2sc(C(=O)Nc3ccc([N+](=O)[O-])cc3[N+](=O)[O-])c(N)c12. The molecule has 0 fully saturated rings. The van der Waals surface area contributed by atoms with Crippen LogP contribution in [0.4, 0.5) is 35.9 Å². The summed E-state index contributed by atoms with van der Waals surface area (Å²) in [5, 5.41) is 24.4. The Morgan fingerprint density at radius 2 is 1.87 bits per heavy atom. The number of hydrogen-bond donors (Lipinski definition) is 2. The highest BCUT2D eigenvalue weighted by molar-refractivity contribution is 7.21. The van der Waals surface area contributed by atoms with E-state index in [1.54, 1.807) is 0 Å². The number of nitrogen functional groups attached to an aromatic ring is 1. The number of halogens is 3. The topological polar surface area (TPSA) is 154 Å². The van der Waals surface area contributed by atoms with E-state index in [1.165, 1.54) is 6.92 Å². The summed E-state index contributed by atoms with van der Waals surface area (Å²) in [5.41, 5.74) is 3.17. The second-order valence-corrected chi connectivity index (χ2v) is 7.02. The van der Waals surface area contributed by atoms with Crippen molar-refractivity contribution in [2.45, 2.75) is 13.1 Å². The van der Waals surface area contributed by atoms with Gasteiger partial charge in [0.1, 0.15) is 21.1 Å². The van der Waals surface area contributed by atoms with Gasteiger partial charge in [0.05, 0.1) is 21.6 Å². The van der Waals surface area contributed by atoms with E-state index < -0.39 is 39.0 Å². The molecule has 1 amide bonds. The number of aromatic nitrogens is 1. The lowest BCUT2D eigenvalue weighted by Gasteiger charge is -2.07. The Kier molecular flexibility index (Phi) is 5.03. The number of carbonyl (C=O) groups is 1. The minimum Gasteiger partial charge on any atom is -0.397 e. The van der Waals surface area contributed by atoms with Crippen molar-refractivity contribution >= 4 is 50.2 Å². The van der Waals surface area contributed by atoms with Crippen LogP contribution in [0.15, 0.2) is 24.3 Å². The van der Waals surface area contributed by atoms with Crippen molar-refractivity contribution in [1.29, 1.82) is 0 Å². The summed E-state index contributed by atoms with van der Waals surface area (Å²) in [6.07, 6.45) is -4.69. The van der Waals surface area contributed by atoms with Crippen LogP contribution in [0.25, 0.3) is 10.2 Å². The number of fused-ring (bicyclic) bond motifs is 1. The Morgan fingerprint density at radius 1 is 1.20 bits per heavy atom. The largest absolute Gasteiger partial charge is 0.433 e. The van der Waals surface area contributed by atoms with Gasteiger partial charge in [-0.3, -0.25) is 25.0 Å². The molecule has 2 heterocycles. The predicted molar refractivity (Wildman–Crippen MR) is 101 cm³/mol. The number of hydrogen-bond acceptors (Lipinski definition) is 8. The molecule has 156 valence electrons. The molecule has 0 aliphatic carbocycles. The molecule has 14 heteroatoms. The Hall–Kier alpha value is -3.81. The van der Waals surface area contributed by atoms with E-state index >= 15 is 0 Å². The smallest absolute Gasteiger partial charge is 0.397 e. The van der Waals surface area contributed by atoms with Gasteiger partial charge >= 0.3 is 6.18 Å². The zero-order valence-corrected chi connectivity index (χ0v) is 15.6. The number of nitro benzene ring substituents is 2. The van der Waals surface area contributed by atoms with E-state index in [1.807, 2.05) is 0 Å². The van der Waals surface area contributed by atoms with Crippen LogP contribution in [0.2, 0.25) is 0 Å². The first-order valence-corrected chi connectivity index (χ1v) is 8.72. The maximum absolute atomic E-state index is 13.0. The predicted octanol–water partition coefficient (Wildman–Crippen LogP) is 4.27. The molecule has 0 aliphatic rings. The van der Waals surface area contributed by atoms with Gasteiger partial charge in [-0.15, -0.1) is 11.3 Å². The van der Waals surface area contributed by atoms with Crippen LogP contribution in [0.1, 0.15) is 20.9 Å². The van der Waals surface area contributed by atoms with E-state index in [4.69, 9.17) is 5.73 Å². The number of anilines is 2. The number of non-ortho nitro benzene ring substituents is 1. The first kappa shape index (κ1) is 20.9. The normalized spacial score (nSPS) is 11.5. The maximum atomic E-state index is 13.0. The number of aryl methyl sites for hydroxylation is 1. The van der Waals surface area contributed by atoms with Gasteiger partial charge in [0.2, 0.25) is 0 Å². The Morgan fingerprint density at radius 3 is 2.43 bits per heavy atom. The number of amides is 1. The Labute approximate surface area is 168 Å². The number of carbonyl (C=O) groups excluding carboxylic acids is 1. The summed E-state index contributed by atoms with van der Waals surface area (Å²) in [5.74, 6) is -0.930. The average molecular weight is 441 g/mol. The second-order valence-electron chi connectivity index (χ2n) is 6.02. The third-order valence-corrected chi connectivity index (χ3v) is 5.13. The molecule has 0 radical (unpaired) electrons. The molecule has 3 aromatic rings. The fourth-order valence-electron chi connectivity index (χ4n) is 2.69. The van der Waals surface area contributed by atoms with Crippen LogP contribution in [0.3, 0.4) is 0 Å². The van der Waals surface area contributed by atoms with E-state index in [-0.39, 0.29) is 32.0 Å². The summed E-state index contributed by atoms with van der Waals surface area (Å²) in [6, 6.07) is 3.40. The van der Waals surface area contributed by atoms with Gasteiger partial charge < -0.3 is 11.1 Å². The number of nitrogens with one attached hydrogen (secondary N) is 1. The molecule has 3 rings (SSSR count). The first-order valence-electron chi connectivity index (χ1n) is 7.91. The molecular formula is C16H10F3N5O5S. The monoisotopic (exact) mass is 441 g/mol. The maximum Gasteiger partial charge on any atom is 0.433 e. The van der Waals surface area contributed by atoms with Gasteiger partial charge in [0.25, 0.3) is 17.3 Å². The number of pyridine rings is 1. The van der Waals surface area contributed by atoms with Crippen LogP contribution in [-0.4, -0.2) is 20.7 Å². The zero-order valence-electron chi connectivity index (χ0n) is 14.8. The molecule has 3 N–H and O–H groups in total. The van der Waals surface area contributed by atoms with E-state index in [2.05, 4.69) is 10.3 Å². The van der Waals surface area contributed by atoms with Crippen LogP contribution in [-0.2, 0) is 6.18 Å². The minimum atomic E-state index is -4.69. The minimum absolute atomic E-state index is 0.122. The van der Waals surface area contributed by atoms with Crippen molar-refractivity contribution in [3.63, 3.8) is 0 Å². The lowest BCUT2D eigenvalue weighted by atomic mass is 10.1. The van der Waals surface area contributed by atoms with Crippen molar-refractivity contribution in [2.75, 3.05) is 11.1 Å². The average Bonchev–Trinajstić information content (AvgIpc) is 2.98. The molecule has 0 unspecified atom stereocenters. The summed E-state index contributed by atoms with van der Waals surface area (Å²) in [7, 11) is 0. The van der Waals surface area contributed by atoms with Gasteiger partial charge in [-0.05, 0) is 24.6 Å². The molecule has 30 heavy (non-hydrogen) atoms. The van der Waals surface area contributed by atoms with Crippen LogP contribution in [0, 0.1) is 27.2 Å². The molecule has 0 atom stereocenters. The number of nitro groups is 2. The molecule has 1 aromatic carbocycles. The second kappa shape index (κ2) is 7.22. The van der Waals surface area contributed by atoms with E-state index in [0.29, 0.717) is 17.4 Å². The first-order chi connectivity index (χ1) is 13.9. The lowest BCUT2D eigenvalue weighted by molar-refractivity contribution is -0.393. The number of rotatable bonds is 4.